The van der Waals surface area contributed by atoms with Crippen molar-refractivity contribution in [3.8, 4) is 17.2 Å². The average molecular weight is 488 g/mol. The number of aromatic nitrogens is 2. The van der Waals surface area contributed by atoms with E-state index in [1.54, 1.807) is 38.6 Å². The smallest absolute Gasteiger partial charge is 0.282 e. The average Bonchev–Trinajstić information content (AvgIpc) is 2.78. The maximum Gasteiger partial charge on any atom is 0.282 e. The number of aryl methyl sites for hydroxylation is 1. The molecule has 0 aliphatic heterocycles. The first-order valence-corrected chi connectivity index (χ1v) is 11.0. The van der Waals surface area contributed by atoms with Gasteiger partial charge in [0, 0.05) is 16.5 Å². The summed E-state index contributed by atoms with van der Waals surface area (Å²) < 4.78 is 18.7. The van der Waals surface area contributed by atoms with Gasteiger partial charge in [0.05, 0.1) is 37.9 Å². The Morgan fingerprint density at radius 3 is 2.45 bits per heavy atom. The Morgan fingerprint density at radius 2 is 1.84 bits per heavy atom. The molecule has 1 aromatic heterocycles. The van der Waals surface area contributed by atoms with E-state index in [4.69, 9.17) is 19.2 Å². The summed E-state index contributed by atoms with van der Waals surface area (Å²) in [4.78, 5) is 17.9. The van der Waals surface area contributed by atoms with E-state index in [1.807, 2.05) is 19.1 Å². The number of fused-ring (bicyclic) bond motifs is 1. The van der Waals surface area contributed by atoms with Crippen molar-refractivity contribution in [3.05, 3.63) is 56.5 Å². The minimum absolute atomic E-state index is 0.210. The van der Waals surface area contributed by atoms with Crippen LogP contribution in [0.25, 0.3) is 10.9 Å². The van der Waals surface area contributed by atoms with E-state index in [-0.39, 0.29) is 5.56 Å². The number of hydrogen-bond donors (Lipinski definition) is 0. The summed E-state index contributed by atoms with van der Waals surface area (Å²) in [5.41, 5.74) is 1.16. The lowest BCUT2D eigenvalue weighted by Crippen LogP contribution is -2.22. The number of benzene rings is 2. The molecule has 2 aromatic carbocycles. The number of ether oxygens (including phenoxy) is 3. The van der Waals surface area contributed by atoms with Crippen LogP contribution >= 0.6 is 15.9 Å². The molecule has 0 fully saturated rings. The van der Waals surface area contributed by atoms with Crippen molar-refractivity contribution in [1.29, 1.82) is 0 Å². The second kappa shape index (κ2) is 10.4. The van der Waals surface area contributed by atoms with Gasteiger partial charge in [0.15, 0.2) is 11.5 Å². The van der Waals surface area contributed by atoms with Gasteiger partial charge in [-0.2, -0.15) is 9.78 Å². The molecule has 0 spiro atoms. The maximum absolute atomic E-state index is 13.2. The Labute approximate surface area is 189 Å². The number of nitrogens with zero attached hydrogens (tertiary/aromatic N) is 3. The first-order chi connectivity index (χ1) is 15.0. The number of hydrogen-bond acceptors (Lipinski definition) is 6. The van der Waals surface area contributed by atoms with Gasteiger partial charge in [-0.15, -0.1) is 0 Å². The third kappa shape index (κ3) is 5.07. The van der Waals surface area contributed by atoms with Crippen LogP contribution in [0.3, 0.4) is 0 Å². The van der Waals surface area contributed by atoms with Crippen LogP contribution < -0.4 is 19.8 Å². The van der Waals surface area contributed by atoms with Gasteiger partial charge in [0.2, 0.25) is 5.75 Å². The Bertz CT molecular complexity index is 1130. The lowest BCUT2D eigenvalue weighted by atomic mass is 10.2. The van der Waals surface area contributed by atoms with E-state index in [1.165, 1.54) is 4.68 Å². The molecule has 0 unspecified atom stereocenters. The standard InChI is InChI=1S/C23H26BrN3O4/c1-5-7-8-21-26-18-10-9-16(24)13-17(18)23(28)27(21)25-14-15-11-19(29-3)22(31-6-2)20(12-15)30-4/h9-14H,5-8H2,1-4H3. The van der Waals surface area contributed by atoms with Crippen molar-refractivity contribution in [3.63, 3.8) is 0 Å². The normalized spacial score (nSPS) is 11.3. The Hall–Kier alpha value is -2.87. The second-order valence-electron chi connectivity index (χ2n) is 6.84. The van der Waals surface area contributed by atoms with Gasteiger partial charge in [-0.1, -0.05) is 29.3 Å². The zero-order valence-electron chi connectivity index (χ0n) is 18.1. The maximum atomic E-state index is 13.2. The van der Waals surface area contributed by atoms with E-state index in [0.717, 1.165) is 17.3 Å². The van der Waals surface area contributed by atoms with Gasteiger partial charge in [0.1, 0.15) is 5.82 Å². The largest absolute Gasteiger partial charge is 0.493 e. The molecule has 31 heavy (non-hydrogen) atoms. The van der Waals surface area contributed by atoms with E-state index in [0.29, 0.717) is 52.6 Å². The van der Waals surface area contributed by atoms with Gasteiger partial charge < -0.3 is 14.2 Å². The summed E-state index contributed by atoms with van der Waals surface area (Å²) in [6.45, 7) is 4.47. The van der Waals surface area contributed by atoms with Gasteiger partial charge in [0.25, 0.3) is 5.56 Å². The highest BCUT2D eigenvalue weighted by Gasteiger charge is 2.14. The van der Waals surface area contributed by atoms with Crippen LogP contribution in [0.2, 0.25) is 0 Å². The molecule has 0 saturated heterocycles. The van der Waals surface area contributed by atoms with Crippen LogP contribution in [-0.2, 0) is 6.42 Å². The fraction of sp³-hybridized carbons (Fsp3) is 0.348. The van der Waals surface area contributed by atoms with E-state index < -0.39 is 0 Å². The molecule has 1 heterocycles. The molecule has 0 N–H and O–H groups in total. The van der Waals surface area contributed by atoms with E-state index in [2.05, 4.69) is 28.0 Å². The van der Waals surface area contributed by atoms with Gasteiger partial charge in [-0.3, -0.25) is 4.79 Å². The summed E-state index contributed by atoms with van der Waals surface area (Å²) in [6, 6.07) is 9.07. The fourth-order valence-corrected chi connectivity index (χ4v) is 3.56. The Morgan fingerprint density at radius 1 is 1.13 bits per heavy atom. The molecular weight excluding hydrogens is 462 g/mol. The molecule has 0 atom stereocenters. The molecule has 7 nitrogen and oxygen atoms in total. The SMILES string of the molecule is CCCCc1nc2ccc(Br)cc2c(=O)n1N=Cc1cc(OC)c(OCC)c(OC)c1. The summed E-state index contributed by atoms with van der Waals surface area (Å²) >= 11 is 3.42. The van der Waals surface area contributed by atoms with E-state index in [9.17, 15) is 4.79 Å². The summed E-state index contributed by atoms with van der Waals surface area (Å²) in [5.74, 6) is 2.22. The molecule has 3 aromatic rings. The fourth-order valence-electron chi connectivity index (χ4n) is 3.20. The Kier molecular flexibility index (Phi) is 7.68. The van der Waals surface area contributed by atoms with Gasteiger partial charge in [-0.05, 0) is 43.7 Å². The Balaban J connectivity index is 2.11. The molecular formula is C23H26BrN3O4. The third-order valence-corrected chi connectivity index (χ3v) is 5.22. The van der Waals surface area contributed by atoms with Crippen molar-refractivity contribution in [1.82, 2.24) is 9.66 Å². The third-order valence-electron chi connectivity index (χ3n) is 4.72. The van der Waals surface area contributed by atoms with Crippen LogP contribution in [0.5, 0.6) is 17.2 Å². The van der Waals surface area contributed by atoms with Crippen molar-refractivity contribution in [2.24, 2.45) is 5.10 Å². The molecule has 0 bridgehead atoms. The van der Waals surface area contributed by atoms with E-state index >= 15 is 0 Å². The molecule has 3 rings (SSSR count). The predicted molar refractivity (Wildman–Crippen MR) is 126 cm³/mol. The van der Waals surface area contributed by atoms with Crippen LogP contribution in [0.4, 0.5) is 0 Å². The molecule has 0 aliphatic carbocycles. The quantitative estimate of drug-likeness (QED) is 0.405. The number of methoxy groups -OCH3 is 2. The minimum Gasteiger partial charge on any atom is -0.493 e. The zero-order chi connectivity index (χ0) is 22.4. The van der Waals surface area contributed by atoms with Gasteiger partial charge in [-0.25, -0.2) is 4.98 Å². The summed E-state index contributed by atoms with van der Waals surface area (Å²) in [5, 5.41) is 4.99. The predicted octanol–water partition coefficient (Wildman–Crippen LogP) is 4.80. The van der Waals surface area contributed by atoms with Crippen molar-refractivity contribution >= 4 is 33.0 Å². The number of rotatable bonds is 9. The lowest BCUT2D eigenvalue weighted by molar-refractivity contribution is 0.288. The molecule has 8 heteroatoms. The monoisotopic (exact) mass is 487 g/mol. The highest BCUT2D eigenvalue weighted by Crippen LogP contribution is 2.38. The highest BCUT2D eigenvalue weighted by atomic mass is 79.9. The van der Waals surface area contributed by atoms with Crippen molar-refractivity contribution < 1.29 is 14.2 Å². The first kappa shape index (κ1) is 22.8. The summed E-state index contributed by atoms with van der Waals surface area (Å²) in [6.07, 6.45) is 4.16. The topological polar surface area (TPSA) is 74.9 Å². The first-order valence-electron chi connectivity index (χ1n) is 10.2. The summed E-state index contributed by atoms with van der Waals surface area (Å²) in [7, 11) is 3.13. The van der Waals surface area contributed by atoms with Crippen molar-refractivity contribution in [2.45, 2.75) is 33.1 Å². The molecule has 0 amide bonds. The number of unbranched alkanes of at least 4 members (excludes halogenated alkanes) is 1. The van der Waals surface area contributed by atoms with Crippen LogP contribution in [-0.4, -0.2) is 36.7 Å². The van der Waals surface area contributed by atoms with Crippen molar-refractivity contribution in [2.75, 3.05) is 20.8 Å². The van der Waals surface area contributed by atoms with Crippen LogP contribution in [0.15, 0.2) is 44.7 Å². The second-order valence-corrected chi connectivity index (χ2v) is 7.76. The number of halogens is 1. The minimum atomic E-state index is -0.210. The molecule has 0 aliphatic rings. The highest BCUT2D eigenvalue weighted by molar-refractivity contribution is 9.10. The molecule has 164 valence electrons. The van der Waals surface area contributed by atoms with Gasteiger partial charge >= 0.3 is 0 Å². The lowest BCUT2D eigenvalue weighted by Gasteiger charge is -2.14. The van der Waals surface area contributed by atoms with Crippen LogP contribution in [0, 0.1) is 0 Å². The zero-order valence-corrected chi connectivity index (χ0v) is 19.7. The van der Waals surface area contributed by atoms with Crippen LogP contribution in [0.1, 0.15) is 38.1 Å². The molecule has 0 saturated carbocycles. The molecule has 0 radical (unpaired) electrons.